The number of ether oxygens (including phenoxy) is 1. The van der Waals surface area contributed by atoms with Gasteiger partial charge in [-0.15, -0.1) is 0 Å². The molecule has 3 aliphatic heterocycles. The smallest absolute Gasteiger partial charge is 0.253 e. The van der Waals surface area contributed by atoms with Gasteiger partial charge in [0, 0.05) is 78.0 Å². The van der Waals surface area contributed by atoms with Crippen LogP contribution in [0.5, 0.6) is 0 Å². The summed E-state index contributed by atoms with van der Waals surface area (Å²) in [6.45, 7) is 7.57. The zero-order valence-electron chi connectivity index (χ0n) is 18.6. The maximum absolute atomic E-state index is 12.9. The van der Waals surface area contributed by atoms with Crippen LogP contribution >= 0.6 is 0 Å². The molecule has 1 aromatic carbocycles. The fraction of sp³-hybridized carbons (Fsp3) is 0.636. The lowest BCUT2D eigenvalue weighted by atomic mass is 10.1. The second-order valence-electron chi connectivity index (χ2n) is 8.66. The van der Waals surface area contributed by atoms with E-state index < -0.39 is 10.0 Å². The van der Waals surface area contributed by atoms with Gasteiger partial charge in [0.2, 0.25) is 15.9 Å². The Balaban J connectivity index is 1.32. The van der Waals surface area contributed by atoms with Gasteiger partial charge < -0.3 is 14.5 Å². The lowest BCUT2D eigenvalue weighted by molar-refractivity contribution is -0.129. The molecule has 4 rings (SSSR count). The summed E-state index contributed by atoms with van der Waals surface area (Å²) in [6, 6.07) is 6.21. The van der Waals surface area contributed by atoms with Crippen LogP contribution in [0, 0.1) is 0 Å². The number of benzene rings is 1. The number of nitrogens with zero attached hydrogens (tertiary/aromatic N) is 4. The Morgan fingerprint density at radius 3 is 2.12 bits per heavy atom. The molecule has 32 heavy (non-hydrogen) atoms. The zero-order valence-corrected chi connectivity index (χ0v) is 19.4. The van der Waals surface area contributed by atoms with Crippen LogP contribution in [0.2, 0.25) is 0 Å². The molecular formula is C22H32N4O5S. The fourth-order valence-corrected chi connectivity index (χ4v) is 5.98. The van der Waals surface area contributed by atoms with Crippen molar-refractivity contribution in [2.75, 3.05) is 65.5 Å². The summed E-state index contributed by atoms with van der Waals surface area (Å²) in [4.78, 5) is 30.4. The molecule has 1 aromatic rings. The molecule has 0 N–H and O–H groups in total. The van der Waals surface area contributed by atoms with Gasteiger partial charge in [-0.3, -0.25) is 14.5 Å². The first kappa shape index (κ1) is 23.2. The van der Waals surface area contributed by atoms with E-state index >= 15 is 0 Å². The minimum atomic E-state index is -3.65. The third-order valence-corrected chi connectivity index (χ3v) is 8.48. The Kier molecular flexibility index (Phi) is 7.14. The van der Waals surface area contributed by atoms with Crippen LogP contribution < -0.4 is 0 Å². The average molecular weight is 465 g/mol. The van der Waals surface area contributed by atoms with Crippen molar-refractivity contribution in [2.45, 2.75) is 30.8 Å². The molecule has 0 saturated carbocycles. The summed E-state index contributed by atoms with van der Waals surface area (Å²) >= 11 is 0. The van der Waals surface area contributed by atoms with Gasteiger partial charge in [0.1, 0.15) is 0 Å². The highest BCUT2D eigenvalue weighted by Gasteiger charge is 2.30. The normalized spacial score (nSPS) is 23.5. The molecule has 9 nitrogen and oxygen atoms in total. The van der Waals surface area contributed by atoms with Gasteiger partial charge in [0.05, 0.1) is 11.0 Å². The molecule has 1 unspecified atom stereocenters. The van der Waals surface area contributed by atoms with Crippen molar-refractivity contribution in [1.82, 2.24) is 19.0 Å². The van der Waals surface area contributed by atoms with Crippen LogP contribution in [0.1, 0.15) is 30.1 Å². The van der Waals surface area contributed by atoms with Gasteiger partial charge in [-0.25, -0.2) is 8.42 Å². The average Bonchev–Trinajstić information content (AvgIpc) is 3.32. The summed E-state index contributed by atoms with van der Waals surface area (Å²) in [6.07, 6.45) is 2.56. The highest BCUT2D eigenvalue weighted by Crippen LogP contribution is 2.20. The first-order valence-electron chi connectivity index (χ1n) is 11.3. The van der Waals surface area contributed by atoms with E-state index in [1.54, 1.807) is 17.0 Å². The quantitative estimate of drug-likeness (QED) is 0.630. The van der Waals surface area contributed by atoms with E-state index in [0.717, 1.165) is 39.1 Å². The monoisotopic (exact) mass is 464 g/mol. The highest BCUT2D eigenvalue weighted by atomic mass is 32.2. The van der Waals surface area contributed by atoms with E-state index in [4.69, 9.17) is 4.74 Å². The number of amides is 2. The SMILES string of the molecule is CC(=O)N1CCN(S(=O)(=O)c2ccc(C(=O)N3CCN(CC4CCCO4)CC3)cc2)CC1. The Labute approximate surface area is 189 Å². The highest BCUT2D eigenvalue weighted by molar-refractivity contribution is 7.89. The van der Waals surface area contributed by atoms with E-state index in [1.165, 1.54) is 23.4 Å². The number of rotatable bonds is 5. The first-order valence-corrected chi connectivity index (χ1v) is 12.8. The predicted octanol–water partition coefficient (Wildman–Crippen LogP) is 0.476. The van der Waals surface area contributed by atoms with Gasteiger partial charge in [-0.2, -0.15) is 4.31 Å². The molecule has 3 fully saturated rings. The molecule has 2 amide bonds. The molecule has 1 atom stereocenters. The lowest BCUT2D eigenvalue weighted by Gasteiger charge is -2.35. The van der Waals surface area contributed by atoms with Gasteiger partial charge in [0.25, 0.3) is 5.91 Å². The first-order chi connectivity index (χ1) is 15.3. The molecule has 0 bridgehead atoms. The van der Waals surface area contributed by atoms with Gasteiger partial charge in [-0.1, -0.05) is 0 Å². The fourth-order valence-electron chi connectivity index (χ4n) is 4.55. The van der Waals surface area contributed by atoms with Crippen LogP contribution in [-0.4, -0.2) is 111 Å². The van der Waals surface area contributed by atoms with Gasteiger partial charge in [-0.05, 0) is 37.1 Å². The van der Waals surface area contributed by atoms with Crippen molar-refractivity contribution in [1.29, 1.82) is 0 Å². The number of hydrogen-bond donors (Lipinski definition) is 0. The van der Waals surface area contributed by atoms with Crippen molar-refractivity contribution in [3.8, 4) is 0 Å². The number of hydrogen-bond acceptors (Lipinski definition) is 6. The molecule has 176 valence electrons. The second-order valence-corrected chi connectivity index (χ2v) is 10.6. The second kappa shape index (κ2) is 9.86. The van der Waals surface area contributed by atoms with Gasteiger partial charge >= 0.3 is 0 Å². The standard InChI is InChI=1S/C22H32N4O5S/c1-18(27)24-12-14-26(15-13-24)32(29,30)21-6-4-19(5-7-21)22(28)25-10-8-23(9-11-25)17-20-3-2-16-31-20/h4-7,20H,2-3,8-17H2,1H3. The largest absolute Gasteiger partial charge is 0.377 e. The number of carbonyl (C=O) groups is 2. The molecule has 3 aliphatic rings. The topological polar surface area (TPSA) is 90.5 Å². The van der Waals surface area contributed by atoms with E-state index in [1.807, 2.05) is 4.90 Å². The van der Waals surface area contributed by atoms with Crippen molar-refractivity contribution in [3.05, 3.63) is 29.8 Å². The van der Waals surface area contributed by atoms with E-state index in [2.05, 4.69) is 4.90 Å². The molecule has 0 aliphatic carbocycles. The van der Waals surface area contributed by atoms with E-state index in [-0.39, 0.29) is 29.8 Å². The third-order valence-electron chi connectivity index (χ3n) is 6.57. The minimum absolute atomic E-state index is 0.0439. The Morgan fingerprint density at radius 2 is 1.56 bits per heavy atom. The zero-order chi connectivity index (χ0) is 22.7. The number of piperazine rings is 2. The summed E-state index contributed by atoms with van der Waals surface area (Å²) in [7, 11) is -3.65. The molecule has 0 radical (unpaired) electrons. The van der Waals surface area contributed by atoms with Crippen LogP contribution in [0.25, 0.3) is 0 Å². The predicted molar refractivity (Wildman–Crippen MR) is 119 cm³/mol. The third kappa shape index (κ3) is 5.14. The van der Waals surface area contributed by atoms with E-state index in [9.17, 15) is 18.0 Å². The van der Waals surface area contributed by atoms with Crippen molar-refractivity contribution in [2.24, 2.45) is 0 Å². The summed E-state index contributed by atoms with van der Waals surface area (Å²) in [5.41, 5.74) is 0.498. The Hall–Kier alpha value is -2.01. The number of sulfonamides is 1. The summed E-state index contributed by atoms with van der Waals surface area (Å²) in [5.74, 6) is -0.113. The van der Waals surface area contributed by atoms with Gasteiger partial charge in [0.15, 0.2) is 0 Å². The Morgan fingerprint density at radius 1 is 0.938 bits per heavy atom. The van der Waals surface area contributed by atoms with Crippen LogP contribution in [0.4, 0.5) is 0 Å². The molecule has 0 spiro atoms. The molecule has 3 heterocycles. The molecule has 3 saturated heterocycles. The van der Waals surface area contributed by atoms with Crippen LogP contribution in [-0.2, 0) is 19.6 Å². The van der Waals surface area contributed by atoms with Crippen molar-refractivity contribution >= 4 is 21.8 Å². The minimum Gasteiger partial charge on any atom is -0.377 e. The van der Waals surface area contributed by atoms with E-state index in [0.29, 0.717) is 37.8 Å². The maximum atomic E-state index is 12.9. The van der Waals surface area contributed by atoms with Crippen molar-refractivity contribution < 1.29 is 22.7 Å². The maximum Gasteiger partial charge on any atom is 0.253 e. The Bertz CT molecular complexity index is 914. The lowest BCUT2D eigenvalue weighted by Crippen LogP contribution is -2.50. The molecule has 0 aromatic heterocycles. The van der Waals surface area contributed by atoms with Crippen LogP contribution in [0.15, 0.2) is 29.2 Å². The van der Waals surface area contributed by atoms with Crippen LogP contribution in [0.3, 0.4) is 0 Å². The number of carbonyl (C=O) groups excluding carboxylic acids is 2. The summed E-state index contributed by atoms with van der Waals surface area (Å²) in [5, 5.41) is 0. The summed E-state index contributed by atoms with van der Waals surface area (Å²) < 4.78 is 33.0. The van der Waals surface area contributed by atoms with Crippen molar-refractivity contribution in [3.63, 3.8) is 0 Å². The molecular weight excluding hydrogens is 432 g/mol. The molecule has 10 heteroatoms.